The average Bonchev–Trinajstić information content (AvgIpc) is 2.40. The van der Waals surface area contributed by atoms with Crippen LogP contribution in [0.3, 0.4) is 0 Å². The minimum atomic E-state index is -0.00149. The first-order valence-corrected chi connectivity index (χ1v) is 8.74. The first-order chi connectivity index (χ1) is 9.06. The highest BCUT2D eigenvalue weighted by atomic mass is 127. The van der Waals surface area contributed by atoms with Crippen molar-refractivity contribution < 1.29 is 4.79 Å². The first kappa shape index (κ1) is 15.6. The third kappa shape index (κ3) is 4.60. The fraction of sp³-hybridized carbons (Fsp3) is 0.500. The molecule has 1 aliphatic carbocycles. The molecule has 1 N–H and O–H groups in total. The van der Waals surface area contributed by atoms with Gasteiger partial charge in [-0.1, -0.05) is 0 Å². The van der Waals surface area contributed by atoms with E-state index >= 15 is 0 Å². The van der Waals surface area contributed by atoms with Gasteiger partial charge in [0, 0.05) is 20.0 Å². The van der Waals surface area contributed by atoms with Gasteiger partial charge in [0.15, 0.2) is 0 Å². The van der Waals surface area contributed by atoms with Crippen molar-refractivity contribution in [1.29, 1.82) is 0 Å². The standard InChI is InChI=1S/C14H16BrClINO/c15-13-6-5-11(17)7-12(13)14(19)18-8-9-1-3-10(16)4-2-9/h5-7,9-10H,1-4,8H2,(H,18,19). The van der Waals surface area contributed by atoms with Crippen LogP contribution in [0.5, 0.6) is 0 Å². The van der Waals surface area contributed by atoms with E-state index in [1.165, 1.54) is 0 Å². The normalized spacial score (nSPS) is 23.1. The highest BCUT2D eigenvalue weighted by molar-refractivity contribution is 14.1. The van der Waals surface area contributed by atoms with Gasteiger partial charge in [0.05, 0.1) is 5.56 Å². The zero-order chi connectivity index (χ0) is 13.8. The molecule has 1 aliphatic rings. The van der Waals surface area contributed by atoms with Gasteiger partial charge < -0.3 is 5.32 Å². The summed E-state index contributed by atoms with van der Waals surface area (Å²) in [5, 5.41) is 3.37. The second-order valence-electron chi connectivity index (χ2n) is 4.95. The summed E-state index contributed by atoms with van der Waals surface area (Å²) < 4.78 is 1.91. The molecule has 2 nitrogen and oxygen atoms in total. The fourth-order valence-electron chi connectivity index (χ4n) is 2.33. The van der Waals surface area contributed by atoms with E-state index in [2.05, 4.69) is 43.8 Å². The van der Waals surface area contributed by atoms with Crippen LogP contribution in [0.2, 0.25) is 0 Å². The molecule has 1 aromatic carbocycles. The molecule has 0 unspecified atom stereocenters. The molecule has 0 aromatic heterocycles. The molecule has 0 atom stereocenters. The summed E-state index contributed by atoms with van der Waals surface area (Å²) in [6, 6.07) is 5.79. The molecule has 1 aromatic rings. The maximum atomic E-state index is 12.2. The van der Waals surface area contributed by atoms with Crippen LogP contribution in [0.15, 0.2) is 22.7 Å². The molecule has 2 rings (SSSR count). The summed E-state index contributed by atoms with van der Waals surface area (Å²) in [5.74, 6) is 0.568. The second-order valence-corrected chi connectivity index (χ2v) is 7.67. The molecule has 0 spiro atoms. The van der Waals surface area contributed by atoms with Gasteiger partial charge in [-0.05, 0) is 88.3 Å². The summed E-state index contributed by atoms with van der Waals surface area (Å²) in [4.78, 5) is 12.2. The van der Waals surface area contributed by atoms with Crippen LogP contribution in [0.4, 0.5) is 0 Å². The Hall–Kier alpha value is 0.190. The molecule has 19 heavy (non-hydrogen) atoms. The first-order valence-electron chi connectivity index (χ1n) is 6.43. The lowest BCUT2D eigenvalue weighted by atomic mass is 9.89. The van der Waals surface area contributed by atoms with Crippen molar-refractivity contribution in [3.8, 4) is 0 Å². The Bertz CT molecular complexity index is 461. The molecule has 0 bridgehead atoms. The molecule has 1 amide bonds. The van der Waals surface area contributed by atoms with Crippen molar-refractivity contribution in [2.24, 2.45) is 5.92 Å². The minimum Gasteiger partial charge on any atom is -0.352 e. The summed E-state index contributed by atoms with van der Waals surface area (Å²) in [5.41, 5.74) is 0.706. The minimum absolute atomic E-state index is 0.00149. The Labute approximate surface area is 140 Å². The molecule has 0 heterocycles. The summed E-state index contributed by atoms with van der Waals surface area (Å²) >= 11 is 11.7. The van der Waals surface area contributed by atoms with E-state index in [-0.39, 0.29) is 5.91 Å². The zero-order valence-electron chi connectivity index (χ0n) is 10.5. The number of alkyl halides is 1. The van der Waals surface area contributed by atoms with Crippen LogP contribution in [0.1, 0.15) is 36.0 Å². The van der Waals surface area contributed by atoms with Crippen LogP contribution in [0, 0.1) is 9.49 Å². The topological polar surface area (TPSA) is 29.1 Å². The van der Waals surface area contributed by atoms with Gasteiger partial charge in [0.2, 0.25) is 0 Å². The van der Waals surface area contributed by atoms with Crippen molar-refractivity contribution in [1.82, 2.24) is 5.32 Å². The van der Waals surface area contributed by atoms with Gasteiger partial charge in [-0.2, -0.15) is 0 Å². The second kappa shape index (κ2) is 7.27. The third-order valence-corrected chi connectivity index (χ3v) is 5.30. The average molecular weight is 457 g/mol. The molecule has 104 valence electrons. The van der Waals surface area contributed by atoms with E-state index in [0.717, 1.165) is 40.3 Å². The van der Waals surface area contributed by atoms with Gasteiger partial charge in [-0.15, -0.1) is 11.6 Å². The van der Waals surface area contributed by atoms with E-state index in [9.17, 15) is 4.79 Å². The number of carbonyl (C=O) groups excluding carboxylic acids is 1. The SMILES string of the molecule is O=C(NCC1CCC(Cl)CC1)c1cc(I)ccc1Br. The van der Waals surface area contributed by atoms with Gasteiger partial charge in [-0.3, -0.25) is 4.79 Å². The number of rotatable bonds is 3. The van der Waals surface area contributed by atoms with Gasteiger partial charge in [-0.25, -0.2) is 0 Å². The molecular weight excluding hydrogens is 440 g/mol. The smallest absolute Gasteiger partial charge is 0.252 e. The number of benzene rings is 1. The summed E-state index contributed by atoms with van der Waals surface area (Å²) in [7, 11) is 0. The van der Waals surface area contributed by atoms with Gasteiger partial charge >= 0.3 is 0 Å². The van der Waals surface area contributed by atoms with Crippen molar-refractivity contribution in [3.05, 3.63) is 31.8 Å². The van der Waals surface area contributed by atoms with E-state index in [4.69, 9.17) is 11.6 Å². The molecule has 0 saturated heterocycles. The molecule has 0 radical (unpaired) electrons. The Morgan fingerprint density at radius 2 is 2.05 bits per heavy atom. The molecular formula is C14H16BrClINO. The van der Waals surface area contributed by atoms with E-state index in [1.54, 1.807) is 0 Å². The highest BCUT2D eigenvalue weighted by Crippen LogP contribution is 2.27. The molecule has 0 aliphatic heterocycles. The Morgan fingerprint density at radius 3 is 2.74 bits per heavy atom. The third-order valence-electron chi connectivity index (χ3n) is 3.50. The van der Waals surface area contributed by atoms with Gasteiger partial charge in [0.25, 0.3) is 5.91 Å². The quantitative estimate of drug-likeness (QED) is 0.524. The predicted molar refractivity (Wildman–Crippen MR) is 90.8 cm³/mol. The number of halogens is 3. The molecule has 5 heteroatoms. The Kier molecular flexibility index (Phi) is 5.96. The van der Waals surface area contributed by atoms with Crippen LogP contribution >= 0.6 is 50.1 Å². The van der Waals surface area contributed by atoms with Crippen LogP contribution in [-0.2, 0) is 0 Å². The van der Waals surface area contributed by atoms with E-state index < -0.39 is 0 Å². The van der Waals surface area contributed by atoms with Crippen LogP contribution in [-0.4, -0.2) is 17.8 Å². The largest absolute Gasteiger partial charge is 0.352 e. The predicted octanol–water partition coefficient (Wildman–Crippen LogP) is 4.58. The molecule has 1 saturated carbocycles. The zero-order valence-corrected chi connectivity index (χ0v) is 15.0. The van der Waals surface area contributed by atoms with Crippen molar-refractivity contribution >= 4 is 56.0 Å². The number of nitrogens with one attached hydrogen (secondary N) is 1. The van der Waals surface area contributed by atoms with E-state index in [1.807, 2.05) is 18.2 Å². The molecule has 1 fully saturated rings. The van der Waals surface area contributed by atoms with Crippen molar-refractivity contribution in [2.75, 3.05) is 6.54 Å². The fourth-order valence-corrected chi connectivity index (χ4v) is 3.50. The lowest BCUT2D eigenvalue weighted by Gasteiger charge is -2.25. The lowest BCUT2D eigenvalue weighted by Crippen LogP contribution is -2.31. The van der Waals surface area contributed by atoms with Crippen LogP contribution in [0.25, 0.3) is 0 Å². The Balaban J connectivity index is 1.89. The van der Waals surface area contributed by atoms with Crippen LogP contribution < -0.4 is 5.32 Å². The highest BCUT2D eigenvalue weighted by Gasteiger charge is 2.20. The summed E-state index contributed by atoms with van der Waals surface area (Å²) in [6.45, 7) is 0.750. The maximum absolute atomic E-state index is 12.2. The number of hydrogen-bond acceptors (Lipinski definition) is 1. The number of amides is 1. The Morgan fingerprint density at radius 1 is 1.37 bits per heavy atom. The van der Waals surface area contributed by atoms with E-state index in [0.29, 0.717) is 16.9 Å². The monoisotopic (exact) mass is 455 g/mol. The lowest BCUT2D eigenvalue weighted by molar-refractivity contribution is 0.0943. The van der Waals surface area contributed by atoms with Crippen molar-refractivity contribution in [3.63, 3.8) is 0 Å². The van der Waals surface area contributed by atoms with Crippen molar-refractivity contribution in [2.45, 2.75) is 31.1 Å². The number of carbonyl (C=O) groups is 1. The number of hydrogen-bond donors (Lipinski definition) is 1. The summed E-state index contributed by atoms with van der Waals surface area (Å²) in [6.07, 6.45) is 4.36. The van der Waals surface area contributed by atoms with Gasteiger partial charge in [0.1, 0.15) is 0 Å². The maximum Gasteiger partial charge on any atom is 0.252 e.